The van der Waals surface area contributed by atoms with Gasteiger partial charge in [0.15, 0.2) is 5.71 Å². The van der Waals surface area contributed by atoms with Crippen molar-refractivity contribution in [3.63, 3.8) is 0 Å². The summed E-state index contributed by atoms with van der Waals surface area (Å²) in [6.45, 7) is 14.6. The second-order valence-electron chi connectivity index (χ2n) is 15.3. The van der Waals surface area contributed by atoms with Crippen LogP contribution in [0.3, 0.4) is 0 Å². The summed E-state index contributed by atoms with van der Waals surface area (Å²) in [5.74, 6) is -0.374. The van der Waals surface area contributed by atoms with Gasteiger partial charge in [0.25, 0.3) is 10.1 Å². The van der Waals surface area contributed by atoms with Gasteiger partial charge in [-0.2, -0.15) is 13.0 Å². The first-order chi connectivity index (χ1) is 26.2. The molecule has 0 fully saturated rings. The number of rotatable bonds is 15. The summed E-state index contributed by atoms with van der Waals surface area (Å²) in [5, 5.41) is 3.66. The highest BCUT2D eigenvalue weighted by Gasteiger charge is 2.46. The quantitative estimate of drug-likeness (QED) is 0.0552. The second-order valence-corrected chi connectivity index (χ2v) is 16.7. The van der Waals surface area contributed by atoms with E-state index >= 15 is 0 Å². The van der Waals surface area contributed by atoms with E-state index in [-0.39, 0.29) is 22.2 Å². The number of carbonyl (C=O) groups is 2. The molecule has 6 rings (SSSR count). The first-order valence-corrected chi connectivity index (χ1v) is 20.8. The topological polar surface area (TPSA) is 113 Å². The predicted octanol–water partition coefficient (Wildman–Crippen LogP) is 9.32. The van der Waals surface area contributed by atoms with Gasteiger partial charge in [-0.3, -0.25) is 14.1 Å². The lowest BCUT2D eigenvalue weighted by atomic mass is 9.79. The standard InChI is InChI=1S/C45H52N2O7S/c1-7-53-40(48)23-11-13-29-46-35-27-25-31-17-9-10-18-32(31)42(35)44(3,4)38(46)21-16-22-39-45(5,6)43-34-19-15-20-37(55(50,51)52)33(34)26-28-36(43)47(39)30-14-12-24-41(49)54-8-2/h9-10,15-22,25-28H,7-8,11-14,23-24,29-30H2,1-6H3/p+1. The fourth-order valence-corrected chi connectivity index (χ4v) is 9.32. The number of hydrogen-bond acceptors (Lipinski definition) is 7. The van der Waals surface area contributed by atoms with Gasteiger partial charge in [-0.15, -0.1) is 0 Å². The highest BCUT2D eigenvalue weighted by molar-refractivity contribution is 7.86. The molecule has 0 radical (unpaired) electrons. The molecule has 2 aliphatic rings. The Morgan fingerprint density at radius 3 is 2.13 bits per heavy atom. The number of fused-ring (bicyclic) bond motifs is 6. The summed E-state index contributed by atoms with van der Waals surface area (Å²) in [4.78, 5) is 26.6. The Balaban J connectivity index is 1.41. The zero-order valence-electron chi connectivity index (χ0n) is 32.9. The molecule has 10 heteroatoms. The summed E-state index contributed by atoms with van der Waals surface area (Å²) in [5.41, 5.74) is 5.74. The largest absolute Gasteiger partial charge is 0.466 e. The molecule has 0 amide bonds. The SMILES string of the molecule is CCOC(=O)CCCCN1/C(=C\C=C\C2=[N+](CCCCC(=O)OCC)c3ccc4c(S(=O)(=O)O)cccc4c3C2(C)C)C(C)(C)c2c1ccc1ccccc21. The van der Waals surface area contributed by atoms with Crippen LogP contribution in [0, 0.1) is 0 Å². The smallest absolute Gasteiger partial charge is 0.305 e. The van der Waals surface area contributed by atoms with Gasteiger partial charge in [0.1, 0.15) is 11.4 Å². The average molecular weight is 766 g/mol. The predicted molar refractivity (Wildman–Crippen MR) is 219 cm³/mol. The van der Waals surface area contributed by atoms with Crippen LogP contribution >= 0.6 is 0 Å². The number of benzene rings is 4. The lowest BCUT2D eigenvalue weighted by molar-refractivity contribution is -0.438. The lowest BCUT2D eigenvalue weighted by Crippen LogP contribution is -2.28. The van der Waals surface area contributed by atoms with Gasteiger partial charge < -0.3 is 14.4 Å². The van der Waals surface area contributed by atoms with Crippen LogP contribution in [-0.4, -0.2) is 61.5 Å². The van der Waals surface area contributed by atoms with Gasteiger partial charge in [0, 0.05) is 65.7 Å². The van der Waals surface area contributed by atoms with Gasteiger partial charge in [-0.1, -0.05) is 62.4 Å². The Bertz CT molecular complexity index is 2340. The minimum Gasteiger partial charge on any atom is -0.466 e. The molecule has 0 atom stereocenters. The van der Waals surface area contributed by atoms with Crippen molar-refractivity contribution in [3.05, 3.63) is 102 Å². The Morgan fingerprint density at radius 1 is 0.764 bits per heavy atom. The molecule has 2 heterocycles. The lowest BCUT2D eigenvalue weighted by Gasteiger charge is -2.27. The summed E-state index contributed by atoms with van der Waals surface area (Å²) in [6.07, 6.45) is 10.2. The molecule has 290 valence electrons. The summed E-state index contributed by atoms with van der Waals surface area (Å²) < 4.78 is 47.5. The molecule has 0 saturated carbocycles. The third-order valence-electron chi connectivity index (χ3n) is 11.0. The number of anilines is 1. The highest BCUT2D eigenvalue weighted by Crippen LogP contribution is 2.51. The van der Waals surface area contributed by atoms with Crippen LogP contribution in [0.15, 0.2) is 95.6 Å². The van der Waals surface area contributed by atoms with E-state index in [0.717, 1.165) is 53.9 Å². The van der Waals surface area contributed by atoms with E-state index in [1.54, 1.807) is 19.1 Å². The number of carbonyl (C=O) groups excluding carboxylic acids is 2. The van der Waals surface area contributed by atoms with E-state index in [1.165, 1.54) is 28.1 Å². The zero-order chi connectivity index (χ0) is 39.5. The summed E-state index contributed by atoms with van der Waals surface area (Å²) in [7, 11) is -4.45. The molecular formula is C45H53N2O7S+. The van der Waals surface area contributed by atoms with E-state index in [1.807, 2.05) is 19.1 Å². The van der Waals surface area contributed by atoms with Crippen molar-refractivity contribution in [3.8, 4) is 0 Å². The molecule has 0 bridgehead atoms. The van der Waals surface area contributed by atoms with E-state index in [2.05, 4.69) is 91.8 Å². The maximum absolute atomic E-state index is 12.4. The minimum atomic E-state index is -4.45. The van der Waals surface area contributed by atoms with Crippen molar-refractivity contribution in [2.75, 3.05) is 31.2 Å². The molecule has 0 saturated heterocycles. The first kappa shape index (κ1) is 39.9. The molecule has 0 unspecified atom stereocenters. The molecule has 55 heavy (non-hydrogen) atoms. The number of esters is 2. The fraction of sp³-hybridized carbons (Fsp3) is 0.400. The number of unbranched alkanes of at least 4 members (excludes halogenated alkanes) is 2. The zero-order valence-corrected chi connectivity index (χ0v) is 33.7. The normalized spacial score (nSPS) is 16.7. The van der Waals surface area contributed by atoms with Crippen molar-refractivity contribution >= 4 is 60.7 Å². The van der Waals surface area contributed by atoms with Gasteiger partial charge in [-0.05, 0) is 93.0 Å². The number of ether oxygens (including phenoxy) is 2. The van der Waals surface area contributed by atoms with E-state index in [9.17, 15) is 22.6 Å². The van der Waals surface area contributed by atoms with Gasteiger partial charge >= 0.3 is 11.9 Å². The average Bonchev–Trinajstić information content (AvgIpc) is 3.49. The van der Waals surface area contributed by atoms with Crippen LogP contribution in [0.2, 0.25) is 0 Å². The van der Waals surface area contributed by atoms with Crippen LogP contribution in [0.1, 0.15) is 91.2 Å². The van der Waals surface area contributed by atoms with E-state index in [0.29, 0.717) is 44.4 Å². The van der Waals surface area contributed by atoms with E-state index < -0.39 is 15.5 Å². The van der Waals surface area contributed by atoms with E-state index in [4.69, 9.17) is 9.47 Å². The summed E-state index contributed by atoms with van der Waals surface area (Å²) >= 11 is 0. The van der Waals surface area contributed by atoms with Crippen molar-refractivity contribution in [2.45, 2.75) is 95.8 Å². The molecular weight excluding hydrogens is 713 g/mol. The Morgan fingerprint density at radius 2 is 1.44 bits per heavy atom. The number of allylic oxidation sites excluding steroid dienone is 4. The fourth-order valence-electron chi connectivity index (χ4n) is 8.61. The summed E-state index contributed by atoms with van der Waals surface area (Å²) in [6, 6.07) is 21.6. The molecule has 2 aliphatic heterocycles. The molecule has 4 aromatic rings. The Labute approximate surface area is 325 Å². The first-order valence-electron chi connectivity index (χ1n) is 19.4. The Kier molecular flexibility index (Phi) is 11.7. The van der Waals surface area contributed by atoms with Crippen LogP contribution in [0.25, 0.3) is 21.5 Å². The van der Waals surface area contributed by atoms with Crippen molar-refractivity contribution < 1.29 is 36.6 Å². The monoisotopic (exact) mass is 765 g/mol. The number of hydrogen-bond donors (Lipinski definition) is 1. The van der Waals surface area contributed by atoms with Crippen LogP contribution in [0.5, 0.6) is 0 Å². The van der Waals surface area contributed by atoms with Gasteiger partial charge in [0.05, 0.1) is 18.6 Å². The van der Waals surface area contributed by atoms with Crippen molar-refractivity contribution in [2.24, 2.45) is 0 Å². The van der Waals surface area contributed by atoms with Crippen LogP contribution in [0.4, 0.5) is 11.4 Å². The molecule has 1 N–H and O–H groups in total. The van der Waals surface area contributed by atoms with Crippen molar-refractivity contribution in [1.29, 1.82) is 0 Å². The van der Waals surface area contributed by atoms with Crippen molar-refractivity contribution in [1.82, 2.24) is 0 Å². The van der Waals surface area contributed by atoms with Crippen LogP contribution in [-0.2, 0) is 40.0 Å². The second kappa shape index (κ2) is 16.1. The maximum atomic E-state index is 12.4. The molecule has 0 spiro atoms. The Hall–Kier alpha value is -4.80. The molecule has 0 aliphatic carbocycles. The van der Waals surface area contributed by atoms with Gasteiger partial charge in [0.2, 0.25) is 5.69 Å². The third kappa shape index (κ3) is 7.85. The highest BCUT2D eigenvalue weighted by atomic mass is 32.2. The minimum absolute atomic E-state index is 0.115. The third-order valence-corrected chi connectivity index (χ3v) is 11.9. The molecule has 0 aromatic heterocycles. The maximum Gasteiger partial charge on any atom is 0.305 e. The van der Waals surface area contributed by atoms with Gasteiger partial charge in [-0.25, -0.2) is 0 Å². The molecule has 4 aromatic carbocycles. The number of nitrogens with zero attached hydrogens (tertiary/aromatic N) is 2. The molecule has 9 nitrogen and oxygen atoms in total. The van der Waals surface area contributed by atoms with Crippen LogP contribution < -0.4 is 4.90 Å².